The van der Waals surface area contributed by atoms with Crippen LogP contribution in [0.3, 0.4) is 0 Å². The number of aromatic hydroxyl groups is 2. The number of hydrogen-bond donors (Lipinski definition) is 3. The van der Waals surface area contributed by atoms with E-state index < -0.39 is 29.4 Å². The zero-order chi connectivity index (χ0) is 22.1. The Morgan fingerprint density at radius 2 is 2.03 bits per heavy atom. The first kappa shape index (κ1) is 20.9. The van der Waals surface area contributed by atoms with Crippen LogP contribution in [0.15, 0.2) is 42.6 Å². The number of aromatic nitrogens is 1. The van der Waals surface area contributed by atoms with Gasteiger partial charge in [0.25, 0.3) is 5.91 Å². The molecule has 1 fully saturated rings. The van der Waals surface area contributed by atoms with Crippen molar-refractivity contribution in [3.63, 3.8) is 0 Å². The molecule has 4 rings (SSSR count). The SMILES string of the molecule is O=C(NCc1cc2cccnc2cc1F)[C@@H]1CCCN1C(=O)c1cc(Cl)c(O)cc1O. The van der Waals surface area contributed by atoms with E-state index in [0.29, 0.717) is 30.5 Å². The summed E-state index contributed by atoms with van der Waals surface area (Å²) in [7, 11) is 0. The predicted octanol–water partition coefficient (Wildman–Crippen LogP) is 3.36. The van der Waals surface area contributed by atoms with Gasteiger partial charge in [0, 0.05) is 42.4 Å². The Morgan fingerprint density at radius 1 is 1.23 bits per heavy atom. The first-order valence-corrected chi connectivity index (χ1v) is 10.1. The zero-order valence-corrected chi connectivity index (χ0v) is 17.1. The van der Waals surface area contributed by atoms with Gasteiger partial charge in [-0.25, -0.2) is 4.39 Å². The minimum Gasteiger partial charge on any atom is -0.507 e. The van der Waals surface area contributed by atoms with Gasteiger partial charge in [0.05, 0.1) is 16.1 Å². The van der Waals surface area contributed by atoms with Gasteiger partial charge in [-0.1, -0.05) is 17.7 Å². The summed E-state index contributed by atoms with van der Waals surface area (Å²) >= 11 is 5.86. The first-order chi connectivity index (χ1) is 14.8. The molecule has 0 unspecified atom stereocenters. The van der Waals surface area contributed by atoms with Crippen LogP contribution in [0, 0.1) is 5.82 Å². The largest absolute Gasteiger partial charge is 0.507 e. The van der Waals surface area contributed by atoms with E-state index in [4.69, 9.17) is 11.6 Å². The number of halogens is 2. The Morgan fingerprint density at radius 3 is 2.84 bits per heavy atom. The standard InChI is InChI=1S/C22H19ClFN3O4/c23-15-8-14(19(28)10-20(15)29)22(31)27-6-2-4-18(27)21(30)26-11-13-7-12-3-1-5-25-17(12)9-16(13)24/h1,3,5,7-10,18,28-29H,2,4,6,11H2,(H,26,30)/t18-/m0/s1. The minimum absolute atomic E-state index is 0.0374. The molecule has 1 aromatic heterocycles. The van der Waals surface area contributed by atoms with Crippen LogP contribution >= 0.6 is 11.6 Å². The average Bonchev–Trinajstić information content (AvgIpc) is 3.24. The number of fused-ring (bicyclic) bond motifs is 1. The fourth-order valence-corrected chi connectivity index (χ4v) is 3.90. The summed E-state index contributed by atoms with van der Waals surface area (Å²) in [5, 5.41) is 23.0. The van der Waals surface area contributed by atoms with Crippen molar-refractivity contribution in [3.05, 3.63) is 64.6 Å². The Labute approximate surface area is 182 Å². The first-order valence-electron chi connectivity index (χ1n) is 9.68. The monoisotopic (exact) mass is 443 g/mol. The summed E-state index contributed by atoms with van der Waals surface area (Å²) in [4.78, 5) is 31.1. The number of hydrogen-bond acceptors (Lipinski definition) is 5. The van der Waals surface area contributed by atoms with Gasteiger partial charge < -0.3 is 20.4 Å². The van der Waals surface area contributed by atoms with Gasteiger partial charge in [-0.15, -0.1) is 0 Å². The van der Waals surface area contributed by atoms with Crippen molar-refractivity contribution in [2.24, 2.45) is 0 Å². The fourth-order valence-electron chi connectivity index (χ4n) is 3.74. The molecule has 2 amide bonds. The molecule has 1 aliphatic rings. The van der Waals surface area contributed by atoms with E-state index in [9.17, 15) is 24.2 Å². The topological polar surface area (TPSA) is 103 Å². The second kappa shape index (κ2) is 8.39. The summed E-state index contributed by atoms with van der Waals surface area (Å²) in [5.41, 5.74) is 0.735. The number of phenolic OH excluding ortho intramolecular Hbond substituents is 2. The molecule has 3 N–H and O–H groups in total. The van der Waals surface area contributed by atoms with Crippen LogP contribution in [0.4, 0.5) is 4.39 Å². The van der Waals surface area contributed by atoms with Gasteiger partial charge in [0.15, 0.2) is 0 Å². The Bertz CT molecular complexity index is 1190. The van der Waals surface area contributed by atoms with Crippen LogP contribution in [-0.2, 0) is 11.3 Å². The Kier molecular flexibility index (Phi) is 5.65. The molecule has 160 valence electrons. The Hall–Kier alpha value is -3.39. The van der Waals surface area contributed by atoms with E-state index in [-0.39, 0.29) is 22.9 Å². The maximum absolute atomic E-state index is 14.4. The van der Waals surface area contributed by atoms with Crippen LogP contribution in [0.2, 0.25) is 5.02 Å². The van der Waals surface area contributed by atoms with Crippen LogP contribution in [0.5, 0.6) is 11.5 Å². The van der Waals surface area contributed by atoms with Gasteiger partial charge in [-0.3, -0.25) is 14.6 Å². The lowest BCUT2D eigenvalue weighted by atomic mass is 10.1. The van der Waals surface area contributed by atoms with E-state index in [1.54, 1.807) is 24.4 Å². The van der Waals surface area contributed by atoms with Crippen molar-refractivity contribution in [2.45, 2.75) is 25.4 Å². The molecule has 7 nitrogen and oxygen atoms in total. The molecule has 1 aliphatic heterocycles. The third-order valence-corrected chi connectivity index (χ3v) is 5.64. The predicted molar refractivity (Wildman–Crippen MR) is 112 cm³/mol. The average molecular weight is 444 g/mol. The normalized spacial score (nSPS) is 15.9. The van der Waals surface area contributed by atoms with E-state index >= 15 is 0 Å². The van der Waals surface area contributed by atoms with E-state index in [0.717, 1.165) is 11.5 Å². The summed E-state index contributed by atoms with van der Waals surface area (Å²) in [6.07, 6.45) is 2.62. The summed E-state index contributed by atoms with van der Waals surface area (Å²) < 4.78 is 14.4. The molecule has 1 saturated heterocycles. The number of nitrogens with zero attached hydrogens (tertiary/aromatic N) is 2. The second-order valence-electron chi connectivity index (χ2n) is 7.33. The lowest BCUT2D eigenvalue weighted by molar-refractivity contribution is -0.125. The highest BCUT2D eigenvalue weighted by molar-refractivity contribution is 6.32. The number of phenols is 2. The van der Waals surface area contributed by atoms with Gasteiger partial charge >= 0.3 is 0 Å². The number of nitrogens with one attached hydrogen (secondary N) is 1. The molecular weight excluding hydrogens is 425 g/mol. The second-order valence-corrected chi connectivity index (χ2v) is 7.74. The summed E-state index contributed by atoms with van der Waals surface area (Å²) in [6.45, 7) is 0.287. The van der Waals surface area contributed by atoms with Crippen LogP contribution < -0.4 is 5.32 Å². The molecule has 3 aromatic rings. The van der Waals surface area contributed by atoms with E-state index in [1.807, 2.05) is 0 Å². The van der Waals surface area contributed by atoms with E-state index in [2.05, 4.69) is 10.3 Å². The molecule has 0 spiro atoms. The van der Waals surface area contributed by atoms with Crippen LogP contribution in [0.25, 0.3) is 10.9 Å². The van der Waals surface area contributed by atoms with Crippen molar-refractivity contribution in [3.8, 4) is 11.5 Å². The molecular formula is C22H19ClFN3O4. The third-order valence-electron chi connectivity index (χ3n) is 5.34. The molecule has 0 bridgehead atoms. The number of rotatable bonds is 4. The number of amides is 2. The van der Waals surface area contributed by atoms with Crippen LogP contribution in [-0.4, -0.2) is 44.5 Å². The number of carbonyl (C=O) groups excluding carboxylic acids is 2. The fraction of sp³-hybridized carbons (Fsp3) is 0.227. The van der Waals surface area contributed by atoms with E-state index in [1.165, 1.54) is 17.0 Å². The smallest absolute Gasteiger partial charge is 0.258 e. The summed E-state index contributed by atoms with van der Waals surface area (Å²) in [5.74, 6) is -2.24. The highest BCUT2D eigenvalue weighted by Crippen LogP contribution is 2.33. The van der Waals surface area contributed by atoms with Crippen LogP contribution in [0.1, 0.15) is 28.8 Å². The maximum atomic E-state index is 14.4. The molecule has 2 aromatic carbocycles. The van der Waals surface area contributed by atoms with Crippen molar-refractivity contribution < 1.29 is 24.2 Å². The molecule has 0 saturated carbocycles. The van der Waals surface area contributed by atoms with Gasteiger partial charge in [0.2, 0.25) is 5.91 Å². The lowest BCUT2D eigenvalue weighted by Crippen LogP contribution is -2.45. The molecule has 0 aliphatic carbocycles. The number of benzene rings is 2. The van der Waals surface area contributed by atoms with Crippen molar-refractivity contribution in [2.75, 3.05) is 6.54 Å². The minimum atomic E-state index is -0.760. The van der Waals surface area contributed by atoms with Gasteiger partial charge in [-0.2, -0.15) is 0 Å². The number of carbonyl (C=O) groups is 2. The highest BCUT2D eigenvalue weighted by atomic mass is 35.5. The maximum Gasteiger partial charge on any atom is 0.258 e. The molecule has 31 heavy (non-hydrogen) atoms. The van der Waals surface area contributed by atoms with Crippen molar-refractivity contribution in [1.82, 2.24) is 15.2 Å². The number of pyridine rings is 1. The summed E-state index contributed by atoms with van der Waals surface area (Å²) in [6, 6.07) is 7.89. The lowest BCUT2D eigenvalue weighted by Gasteiger charge is -2.24. The quantitative estimate of drug-likeness (QED) is 0.573. The Balaban J connectivity index is 1.49. The number of likely N-dealkylation sites (tertiary alicyclic amines) is 1. The van der Waals surface area contributed by atoms with Crippen molar-refractivity contribution >= 4 is 34.3 Å². The molecule has 2 heterocycles. The molecule has 0 radical (unpaired) electrons. The third kappa shape index (κ3) is 4.11. The molecule has 9 heteroatoms. The zero-order valence-electron chi connectivity index (χ0n) is 16.3. The van der Waals surface area contributed by atoms with Gasteiger partial charge in [-0.05, 0) is 31.0 Å². The molecule has 1 atom stereocenters. The van der Waals surface area contributed by atoms with Crippen molar-refractivity contribution in [1.29, 1.82) is 0 Å². The van der Waals surface area contributed by atoms with Gasteiger partial charge in [0.1, 0.15) is 23.4 Å². The highest BCUT2D eigenvalue weighted by Gasteiger charge is 2.35.